The first-order valence-electron chi connectivity index (χ1n) is 4.47. The fourth-order valence-corrected chi connectivity index (χ4v) is 1.85. The van der Waals surface area contributed by atoms with Crippen molar-refractivity contribution in [2.24, 2.45) is 0 Å². The van der Waals surface area contributed by atoms with Crippen LogP contribution in [0.5, 0.6) is 0 Å². The maximum atomic E-state index is 9.59. The summed E-state index contributed by atoms with van der Waals surface area (Å²) in [5.41, 5.74) is 1.02. The number of aliphatic hydroxyl groups excluding tert-OH is 1. The van der Waals surface area contributed by atoms with Crippen molar-refractivity contribution in [1.29, 1.82) is 0 Å². The first kappa shape index (κ1) is 7.80. The number of aromatic nitrogens is 2. The van der Waals surface area contributed by atoms with Crippen LogP contribution in [0.3, 0.4) is 0 Å². The fourth-order valence-electron chi connectivity index (χ4n) is 1.85. The molecule has 2 rings (SSSR count). The molecule has 1 aromatic heterocycles. The van der Waals surface area contributed by atoms with E-state index in [1.165, 1.54) is 0 Å². The van der Waals surface area contributed by atoms with Crippen molar-refractivity contribution >= 4 is 0 Å². The molecule has 66 valence electrons. The Morgan fingerprint density at radius 1 is 1.58 bits per heavy atom. The van der Waals surface area contributed by atoms with Gasteiger partial charge in [-0.2, -0.15) is 5.10 Å². The van der Waals surface area contributed by atoms with Gasteiger partial charge in [0.05, 0.1) is 17.8 Å². The van der Waals surface area contributed by atoms with Gasteiger partial charge in [-0.15, -0.1) is 0 Å². The molecule has 1 saturated carbocycles. The molecule has 1 aromatic rings. The van der Waals surface area contributed by atoms with Crippen LogP contribution in [-0.2, 0) is 0 Å². The Labute approximate surface area is 72.0 Å². The van der Waals surface area contributed by atoms with Gasteiger partial charge in [0.15, 0.2) is 0 Å². The summed E-state index contributed by atoms with van der Waals surface area (Å²) in [5.74, 6) is 0. The third kappa shape index (κ3) is 1.25. The lowest BCUT2D eigenvalue weighted by atomic mass is 10.2. The topological polar surface area (TPSA) is 38.0 Å². The van der Waals surface area contributed by atoms with Gasteiger partial charge in [0.2, 0.25) is 0 Å². The highest BCUT2D eigenvalue weighted by molar-refractivity contribution is 4.97. The molecule has 1 aliphatic carbocycles. The quantitative estimate of drug-likeness (QED) is 0.682. The Morgan fingerprint density at radius 2 is 2.42 bits per heavy atom. The van der Waals surface area contributed by atoms with Crippen molar-refractivity contribution in [3.05, 3.63) is 18.0 Å². The molecule has 1 heterocycles. The van der Waals surface area contributed by atoms with Crippen molar-refractivity contribution in [3.63, 3.8) is 0 Å². The van der Waals surface area contributed by atoms with Gasteiger partial charge in [0, 0.05) is 6.20 Å². The van der Waals surface area contributed by atoms with Crippen LogP contribution in [0.1, 0.15) is 31.0 Å². The molecule has 1 N–H and O–H groups in total. The lowest BCUT2D eigenvalue weighted by Gasteiger charge is -2.14. The number of aliphatic hydroxyl groups is 1. The molecule has 3 nitrogen and oxygen atoms in total. The van der Waals surface area contributed by atoms with Crippen molar-refractivity contribution in [3.8, 4) is 0 Å². The minimum absolute atomic E-state index is 0.190. The predicted molar refractivity (Wildman–Crippen MR) is 45.9 cm³/mol. The molecule has 0 amide bonds. The Hall–Kier alpha value is -0.830. The average molecular weight is 166 g/mol. The number of aryl methyl sites for hydroxylation is 1. The molecule has 0 saturated heterocycles. The number of hydrogen-bond acceptors (Lipinski definition) is 2. The number of hydrogen-bond donors (Lipinski definition) is 1. The molecule has 2 atom stereocenters. The third-order valence-electron chi connectivity index (χ3n) is 2.53. The van der Waals surface area contributed by atoms with Crippen LogP contribution in [0.15, 0.2) is 12.3 Å². The maximum Gasteiger partial charge on any atom is 0.0778 e. The minimum Gasteiger partial charge on any atom is -0.391 e. The summed E-state index contributed by atoms with van der Waals surface area (Å²) in [6, 6.07) is 2.20. The zero-order chi connectivity index (χ0) is 8.55. The largest absolute Gasteiger partial charge is 0.391 e. The van der Waals surface area contributed by atoms with E-state index >= 15 is 0 Å². The standard InChI is InChI=1S/C9H14N2O/c1-7-5-6-11(10-7)8-3-2-4-9(8)12/h5-6,8-9,12H,2-4H2,1H3/t8-,9-/m0/s1. The Bertz CT molecular complexity index is 269. The van der Waals surface area contributed by atoms with Crippen molar-refractivity contribution in [2.75, 3.05) is 0 Å². The monoisotopic (exact) mass is 166 g/mol. The summed E-state index contributed by atoms with van der Waals surface area (Å²) in [4.78, 5) is 0. The lowest BCUT2D eigenvalue weighted by molar-refractivity contribution is 0.130. The van der Waals surface area contributed by atoms with E-state index in [9.17, 15) is 5.11 Å². The second kappa shape index (κ2) is 2.90. The molecule has 0 aliphatic heterocycles. The molecule has 12 heavy (non-hydrogen) atoms. The second-order valence-corrected chi connectivity index (χ2v) is 3.50. The first-order valence-corrected chi connectivity index (χ1v) is 4.47. The smallest absolute Gasteiger partial charge is 0.0778 e. The third-order valence-corrected chi connectivity index (χ3v) is 2.53. The van der Waals surface area contributed by atoms with Crippen LogP contribution in [0.4, 0.5) is 0 Å². The molecule has 1 fully saturated rings. The summed E-state index contributed by atoms with van der Waals surface area (Å²) in [6.45, 7) is 1.97. The molecule has 0 aromatic carbocycles. The first-order chi connectivity index (χ1) is 5.77. The summed E-state index contributed by atoms with van der Waals surface area (Å²) in [5, 5.41) is 13.9. The molecular weight excluding hydrogens is 152 g/mol. The normalized spacial score (nSPS) is 29.5. The van der Waals surface area contributed by atoms with Gasteiger partial charge < -0.3 is 5.11 Å². The van der Waals surface area contributed by atoms with Crippen LogP contribution in [0.25, 0.3) is 0 Å². The van der Waals surface area contributed by atoms with E-state index in [4.69, 9.17) is 0 Å². The van der Waals surface area contributed by atoms with Gasteiger partial charge >= 0.3 is 0 Å². The van der Waals surface area contributed by atoms with Crippen LogP contribution < -0.4 is 0 Å². The van der Waals surface area contributed by atoms with Crippen molar-refractivity contribution < 1.29 is 5.11 Å². The maximum absolute atomic E-state index is 9.59. The van der Waals surface area contributed by atoms with Gasteiger partial charge in [-0.05, 0) is 32.3 Å². The van der Waals surface area contributed by atoms with Gasteiger partial charge in [0.1, 0.15) is 0 Å². The van der Waals surface area contributed by atoms with E-state index in [0.29, 0.717) is 0 Å². The summed E-state index contributed by atoms with van der Waals surface area (Å²) < 4.78 is 1.90. The number of rotatable bonds is 1. The summed E-state index contributed by atoms with van der Waals surface area (Å²) in [7, 11) is 0. The van der Waals surface area contributed by atoms with Gasteiger partial charge in [0.25, 0.3) is 0 Å². The van der Waals surface area contributed by atoms with E-state index in [1.807, 2.05) is 23.9 Å². The molecule has 1 aliphatic rings. The Balaban J connectivity index is 2.19. The van der Waals surface area contributed by atoms with Gasteiger partial charge in [-0.25, -0.2) is 0 Å². The Kier molecular flexibility index (Phi) is 1.89. The van der Waals surface area contributed by atoms with Crippen LogP contribution in [0.2, 0.25) is 0 Å². The molecule has 0 unspecified atom stereocenters. The van der Waals surface area contributed by atoms with Gasteiger partial charge in [-0.1, -0.05) is 0 Å². The molecule has 3 heteroatoms. The van der Waals surface area contributed by atoms with Gasteiger partial charge in [-0.3, -0.25) is 4.68 Å². The Morgan fingerprint density at radius 3 is 2.92 bits per heavy atom. The average Bonchev–Trinajstić information content (AvgIpc) is 2.58. The van der Waals surface area contributed by atoms with Crippen LogP contribution >= 0.6 is 0 Å². The highest BCUT2D eigenvalue weighted by atomic mass is 16.3. The van der Waals surface area contributed by atoms with E-state index in [-0.39, 0.29) is 12.1 Å². The molecule has 0 bridgehead atoms. The van der Waals surface area contributed by atoms with Crippen molar-refractivity contribution in [1.82, 2.24) is 9.78 Å². The van der Waals surface area contributed by atoms with E-state index in [2.05, 4.69) is 5.10 Å². The van der Waals surface area contributed by atoms with Crippen molar-refractivity contribution in [2.45, 2.75) is 38.3 Å². The predicted octanol–water partition coefficient (Wildman–Crippen LogP) is 1.28. The van der Waals surface area contributed by atoms with E-state index < -0.39 is 0 Å². The van der Waals surface area contributed by atoms with E-state index in [0.717, 1.165) is 25.0 Å². The van der Waals surface area contributed by atoms with Crippen LogP contribution in [-0.4, -0.2) is 21.0 Å². The summed E-state index contributed by atoms with van der Waals surface area (Å²) in [6.07, 6.45) is 4.86. The second-order valence-electron chi connectivity index (χ2n) is 3.50. The highest BCUT2D eigenvalue weighted by Gasteiger charge is 2.26. The highest BCUT2D eigenvalue weighted by Crippen LogP contribution is 2.29. The fraction of sp³-hybridized carbons (Fsp3) is 0.667. The molecule has 0 radical (unpaired) electrons. The molecule has 0 spiro atoms. The lowest BCUT2D eigenvalue weighted by Crippen LogP contribution is -2.18. The van der Waals surface area contributed by atoms with Crippen LogP contribution in [0, 0.1) is 6.92 Å². The SMILES string of the molecule is Cc1ccn([C@H]2CCC[C@@H]2O)n1. The summed E-state index contributed by atoms with van der Waals surface area (Å²) >= 11 is 0. The minimum atomic E-state index is -0.190. The van der Waals surface area contributed by atoms with E-state index in [1.54, 1.807) is 0 Å². The molecular formula is C9H14N2O. The zero-order valence-corrected chi connectivity index (χ0v) is 7.27. The zero-order valence-electron chi connectivity index (χ0n) is 7.27. The number of nitrogens with zero attached hydrogens (tertiary/aromatic N) is 2.